The van der Waals surface area contributed by atoms with Crippen LogP contribution < -0.4 is 0 Å². The zero-order valence-electron chi connectivity index (χ0n) is 13.2. The summed E-state index contributed by atoms with van der Waals surface area (Å²) < 4.78 is 17.2. The number of ether oxygens (including phenoxy) is 3. The van der Waals surface area contributed by atoms with Gasteiger partial charge in [-0.1, -0.05) is 0 Å². The Balaban J connectivity index is 1.63. The molecule has 0 unspecified atom stereocenters. The third kappa shape index (κ3) is 2.05. The van der Waals surface area contributed by atoms with Crippen molar-refractivity contribution < 1.29 is 23.8 Å². The van der Waals surface area contributed by atoms with Crippen molar-refractivity contribution in [3.63, 3.8) is 0 Å². The van der Waals surface area contributed by atoms with Crippen LogP contribution in [0.15, 0.2) is 0 Å². The van der Waals surface area contributed by atoms with Gasteiger partial charge in [0.05, 0.1) is 19.1 Å². The first-order valence-corrected chi connectivity index (χ1v) is 8.50. The first-order valence-electron chi connectivity index (χ1n) is 8.50. The number of Topliss-reactive ketones (excluding diaryl/α,β-unsaturated/α-hetero) is 1. The molecule has 4 fully saturated rings. The molecule has 6 atom stereocenters. The van der Waals surface area contributed by atoms with Crippen LogP contribution in [-0.4, -0.2) is 36.9 Å². The van der Waals surface area contributed by atoms with Crippen LogP contribution in [0.25, 0.3) is 0 Å². The lowest BCUT2D eigenvalue weighted by Gasteiger charge is -2.49. The second kappa shape index (κ2) is 5.03. The number of esters is 1. The second-order valence-corrected chi connectivity index (χ2v) is 7.47. The van der Waals surface area contributed by atoms with E-state index in [1.807, 2.05) is 6.92 Å². The number of carbonyl (C=O) groups is 2. The van der Waals surface area contributed by atoms with Crippen molar-refractivity contribution >= 4 is 11.8 Å². The summed E-state index contributed by atoms with van der Waals surface area (Å²) in [7, 11) is 0. The van der Waals surface area contributed by atoms with Gasteiger partial charge in [-0.3, -0.25) is 9.59 Å². The van der Waals surface area contributed by atoms with Crippen LogP contribution >= 0.6 is 0 Å². The number of carbonyl (C=O) groups excluding carboxylic acids is 2. The van der Waals surface area contributed by atoms with Crippen molar-refractivity contribution in [1.82, 2.24) is 0 Å². The van der Waals surface area contributed by atoms with Crippen LogP contribution in [0.3, 0.4) is 0 Å². The van der Waals surface area contributed by atoms with Crippen molar-refractivity contribution in [3.05, 3.63) is 0 Å². The smallest absolute Gasteiger partial charge is 0.309 e. The maximum atomic E-state index is 12.3. The summed E-state index contributed by atoms with van der Waals surface area (Å²) in [6.07, 6.45) is 3.29. The minimum Gasteiger partial charge on any atom is -0.462 e. The second-order valence-electron chi connectivity index (χ2n) is 7.47. The van der Waals surface area contributed by atoms with Crippen LogP contribution in [-0.2, 0) is 23.8 Å². The van der Waals surface area contributed by atoms with Gasteiger partial charge in [-0.25, -0.2) is 0 Å². The molecule has 0 aromatic heterocycles. The van der Waals surface area contributed by atoms with E-state index >= 15 is 0 Å². The molecule has 0 radical (unpaired) electrons. The first kappa shape index (κ1) is 14.6. The Kier molecular flexibility index (Phi) is 3.35. The topological polar surface area (TPSA) is 61.8 Å². The molecule has 1 spiro atoms. The molecule has 22 heavy (non-hydrogen) atoms. The summed E-state index contributed by atoms with van der Waals surface area (Å²) in [4.78, 5) is 24.5. The minimum absolute atomic E-state index is 0.0519. The average molecular weight is 308 g/mol. The van der Waals surface area contributed by atoms with E-state index in [9.17, 15) is 9.59 Å². The summed E-state index contributed by atoms with van der Waals surface area (Å²) in [6, 6.07) is 0. The fourth-order valence-electron chi connectivity index (χ4n) is 5.58. The van der Waals surface area contributed by atoms with Gasteiger partial charge in [0.15, 0.2) is 5.79 Å². The van der Waals surface area contributed by atoms with E-state index in [1.165, 1.54) is 0 Å². The van der Waals surface area contributed by atoms with E-state index < -0.39 is 5.79 Å². The SMILES string of the molecule is CC(=O)[C@H]1[C@@H]2CCC3(C[C@H]2C[C@H]2C(=O)O[C@H](C)[C@@H]12)OCCO3. The molecule has 122 valence electrons. The predicted octanol–water partition coefficient (Wildman–Crippen LogP) is 1.93. The predicted molar refractivity (Wildman–Crippen MR) is 76.8 cm³/mol. The van der Waals surface area contributed by atoms with E-state index in [0.717, 1.165) is 25.7 Å². The highest BCUT2D eigenvalue weighted by Crippen LogP contribution is 2.55. The summed E-state index contributed by atoms with van der Waals surface area (Å²) in [5.41, 5.74) is 0. The number of ketones is 1. The lowest BCUT2D eigenvalue weighted by Crippen LogP contribution is -2.51. The number of fused-ring (bicyclic) bond motifs is 2. The van der Waals surface area contributed by atoms with Crippen LogP contribution in [0, 0.1) is 29.6 Å². The van der Waals surface area contributed by atoms with E-state index in [1.54, 1.807) is 6.92 Å². The first-order chi connectivity index (χ1) is 10.5. The Morgan fingerprint density at radius 3 is 2.68 bits per heavy atom. The monoisotopic (exact) mass is 308 g/mol. The maximum absolute atomic E-state index is 12.3. The van der Waals surface area contributed by atoms with Gasteiger partial charge in [0.1, 0.15) is 11.9 Å². The Hall–Kier alpha value is -0.940. The Morgan fingerprint density at radius 1 is 1.27 bits per heavy atom. The van der Waals surface area contributed by atoms with E-state index in [0.29, 0.717) is 25.0 Å². The number of cyclic esters (lactones) is 1. The maximum Gasteiger partial charge on any atom is 0.309 e. The zero-order chi connectivity index (χ0) is 15.5. The van der Waals surface area contributed by atoms with Crippen LogP contribution in [0.4, 0.5) is 0 Å². The van der Waals surface area contributed by atoms with E-state index in [4.69, 9.17) is 14.2 Å². The standard InChI is InChI=1S/C17H24O5/c1-9(18)14-12-3-4-17(20-5-6-21-17)8-11(12)7-13-15(14)10(2)22-16(13)19/h10-15H,3-8H2,1-2H3/t10-,11-,12-,13-,14+,15-/m1/s1. The summed E-state index contributed by atoms with van der Waals surface area (Å²) in [5.74, 6) is 0.184. The molecule has 0 aromatic rings. The molecular weight excluding hydrogens is 284 g/mol. The largest absolute Gasteiger partial charge is 0.462 e. The highest BCUT2D eigenvalue weighted by molar-refractivity contribution is 5.82. The summed E-state index contributed by atoms with van der Waals surface area (Å²) in [6.45, 7) is 4.91. The highest BCUT2D eigenvalue weighted by Gasteiger charge is 2.59. The van der Waals surface area contributed by atoms with Crippen LogP contribution in [0.5, 0.6) is 0 Å². The fourth-order valence-corrected chi connectivity index (χ4v) is 5.58. The molecule has 5 heteroatoms. The molecule has 4 rings (SSSR count). The molecule has 2 heterocycles. The van der Waals surface area contributed by atoms with Crippen molar-refractivity contribution in [2.45, 2.75) is 51.4 Å². The molecule has 0 N–H and O–H groups in total. The normalized spacial score (nSPS) is 46.2. The molecule has 2 aliphatic carbocycles. The highest BCUT2D eigenvalue weighted by atomic mass is 16.7. The average Bonchev–Trinajstić information content (AvgIpc) is 3.02. The van der Waals surface area contributed by atoms with Gasteiger partial charge in [0.2, 0.25) is 0 Å². The lowest BCUT2D eigenvalue weighted by molar-refractivity contribution is -0.207. The number of rotatable bonds is 1. The Bertz CT molecular complexity index is 495. The van der Waals surface area contributed by atoms with Gasteiger partial charge >= 0.3 is 5.97 Å². The van der Waals surface area contributed by atoms with Crippen LogP contribution in [0.1, 0.15) is 39.5 Å². The molecule has 0 bridgehead atoms. The summed E-state index contributed by atoms with van der Waals surface area (Å²) >= 11 is 0. The Morgan fingerprint density at radius 2 is 2.00 bits per heavy atom. The van der Waals surface area contributed by atoms with Crippen molar-refractivity contribution in [2.24, 2.45) is 29.6 Å². The molecule has 5 nitrogen and oxygen atoms in total. The molecule has 4 aliphatic rings. The van der Waals surface area contributed by atoms with E-state index in [2.05, 4.69) is 0 Å². The van der Waals surface area contributed by atoms with Crippen LogP contribution in [0.2, 0.25) is 0 Å². The van der Waals surface area contributed by atoms with Gasteiger partial charge in [-0.2, -0.15) is 0 Å². The van der Waals surface area contributed by atoms with Gasteiger partial charge in [-0.05, 0) is 38.5 Å². The van der Waals surface area contributed by atoms with Gasteiger partial charge in [0.25, 0.3) is 0 Å². The van der Waals surface area contributed by atoms with Gasteiger partial charge in [0, 0.05) is 24.7 Å². The number of hydrogen-bond donors (Lipinski definition) is 0. The molecule has 2 saturated carbocycles. The molecule has 2 aliphatic heterocycles. The third-order valence-electron chi connectivity index (χ3n) is 6.36. The molecular formula is C17H24O5. The molecule has 2 saturated heterocycles. The number of hydrogen-bond acceptors (Lipinski definition) is 5. The summed E-state index contributed by atoms with van der Waals surface area (Å²) in [5, 5.41) is 0. The lowest BCUT2D eigenvalue weighted by atomic mass is 9.56. The van der Waals surface area contributed by atoms with E-state index in [-0.39, 0.29) is 35.6 Å². The molecule has 0 amide bonds. The van der Waals surface area contributed by atoms with Gasteiger partial charge in [-0.15, -0.1) is 0 Å². The zero-order valence-corrected chi connectivity index (χ0v) is 13.2. The third-order valence-corrected chi connectivity index (χ3v) is 6.36. The van der Waals surface area contributed by atoms with Crippen molar-refractivity contribution in [3.8, 4) is 0 Å². The van der Waals surface area contributed by atoms with Crippen molar-refractivity contribution in [1.29, 1.82) is 0 Å². The molecule has 0 aromatic carbocycles. The fraction of sp³-hybridized carbons (Fsp3) is 0.882. The van der Waals surface area contributed by atoms with Crippen molar-refractivity contribution in [2.75, 3.05) is 13.2 Å². The van der Waals surface area contributed by atoms with Gasteiger partial charge < -0.3 is 14.2 Å². The quantitative estimate of drug-likeness (QED) is 0.693. The Labute approximate surface area is 130 Å². The minimum atomic E-state index is -0.455.